The normalized spacial score (nSPS) is 25.5. The number of benzene rings is 2. The van der Waals surface area contributed by atoms with Gasteiger partial charge in [-0.2, -0.15) is 0 Å². The summed E-state index contributed by atoms with van der Waals surface area (Å²) in [6, 6.07) is 16.5. The quantitative estimate of drug-likeness (QED) is 0.847. The third-order valence-electron chi connectivity index (χ3n) is 7.19. The Morgan fingerprint density at radius 1 is 1.07 bits per heavy atom. The van der Waals surface area contributed by atoms with Crippen molar-refractivity contribution in [2.24, 2.45) is 11.3 Å². The molecule has 0 bridgehead atoms. The number of rotatable bonds is 3. The average molecular weight is 406 g/mol. The molecule has 2 fully saturated rings. The fourth-order valence-electron chi connectivity index (χ4n) is 5.52. The second-order valence-electron chi connectivity index (χ2n) is 8.85. The molecule has 2 aromatic rings. The number of carbonyl (C=O) groups is 2. The zero-order valence-electron chi connectivity index (χ0n) is 17.1. The lowest BCUT2D eigenvalue weighted by Crippen LogP contribution is -2.49. The standard InChI is InChI=1S/C24H26N2O4/c1-25-11-10-24(22(27)28)15-26(13-16(24)12-25)23(29)30-14-21-19-8-4-2-6-17(19)18-7-3-5-9-20(18)21/h2-9,16,21H,10-15H2,1H3,(H,27,28). The molecule has 3 aliphatic rings. The zero-order chi connectivity index (χ0) is 20.9. The van der Waals surface area contributed by atoms with Crippen molar-refractivity contribution in [1.29, 1.82) is 0 Å². The lowest BCUT2D eigenvalue weighted by molar-refractivity contribution is -0.153. The number of fused-ring (bicyclic) bond motifs is 4. The maximum Gasteiger partial charge on any atom is 0.409 e. The molecule has 156 valence electrons. The largest absolute Gasteiger partial charge is 0.481 e. The Morgan fingerprint density at radius 2 is 1.70 bits per heavy atom. The molecule has 2 aliphatic heterocycles. The van der Waals surface area contributed by atoms with E-state index < -0.39 is 17.5 Å². The van der Waals surface area contributed by atoms with Crippen LogP contribution < -0.4 is 0 Å². The molecule has 1 amide bonds. The van der Waals surface area contributed by atoms with Crippen LogP contribution in [0, 0.1) is 11.3 Å². The first-order chi connectivity index (χ1) is 14.5. The van der Waals surface area contributed by atoms with E-state index in [0.29, 0.717) is 19.5 Å². The number of amides is 1. The third-order valence-corrected chi connectivity index (χ3v) is 7.19. The Morgan fingerprint density at radius 3 is 2.33 bits per heavy atom. The smallest absolute Gasteiger partial charge is 0.409 e. The van der Waals surface area contributed by atoms with Gasteiger partial charge in [-0.15, -0.1) is 0 Å². The molecule has 6 heteroatoms. The monoisotopic (exact) mass is 406 g/mol. The van der Waals surface area contributed by atoms with Crippen molar-refractivity contribution in [2.75, 3.05) is 39.8 Å². The minimum atomic E-state index is -0.849. The highest BCUT2D eigenvalue weighted by Crippen LogP contribution is 2.45. The van der Waals surface area contributed by atoms with Gasteiger partial charge in [0, 0.05) is 31.5 Å². The molecule has 5 rings (SSSR count). The highest BCUT2D eigenvalue weighted by Gasteiger charge is 2.55. The van der Waals surface area contributed by atoms with Gasteiger partial charge in [-0.1, -0.05) is 48.5 Å². The van der Waals surface area contributed by atoms with Crippen LogP contribution in [-0.2, 0) is 9.53 Å². The molecule has 1 aliphatic carbocycles. The zero-order valence-corrected chi connectivity index (χ0v) is 17.1. The molecule has 6 nitrogen and oxygen atoms in total. The number of carboxylic acid groups (broad SMARTS) is 1. The van der Waals surface area contributed by atoms with Gasteiger partial charge in [0.15, 0.2) is 0 Å². The van der Waals surface area contributed by atoms with Gasteiger partial charge in [0.1, 0.15) is 6.61 Å². The second kappa shape index (κ2) is 7.13. The number of nitrogens with zero attached hydrogens (tertiary/aromatic N) is 2. The predicted octanol–water partition coefficient (Wildman–Crippen LogP) is 3.27. The number of hydrogen-bond acceptors (Lipinski definition) is 4. The van der Waals surface area contributed by atoms with E-state index in [-0.39, 0.29) is 25.0 Å². The molecule has 0 saturated carbocycles. The van der Waals surface area contributed by atoms with Crippen LogP contribution in [0.2, 0.25) is 0 Å². The lowest BCUT2D eigenvalue weighted by atomic mass is 9.73. The summed E-state index contributed by atoms with van der Waals surface area (Å²) in [5.41, 5.74) is 3.87. The number of piperidine rings is 1. The van der Waals surface area contributed by atoms with E-state index in [9.17, 15) is 14.7 Å². The van der Waals surface area contributed by atoms with Crippen molar-refractivity contribution in [3.63, 3.8) is 0 Å². The first kappa shape index (κ1) is 19.1. The van der Waals surface area contributed by atoms with Gasteiger partial charge in [-0.25, -0.2) is 4.79 Å². The van der Waals surface area contributed by atoms with Gasteiger partial charge in [0.05, 0.1) is 5.41 Å². The summed E-state index contributed by atoms with van der Waals surface area (Å²) < 4.78 is 5.76. The summed E-state index contributed by atoms with van der Waals surface area (Å²) in [6.45, 7) is 2.36. The van der Waals surface area contributed by atoms with E-state index >= 15 is 0 Å². The van der Waals surface area contributed by atoms with Gasteiger partial charge < -0.3 is 19.6 Å². The SMILES string of the molecule is CN1CCC2(C(=O)O)CN(C(=O)OCC3c4ccccc4-c4ccccc43)CC2C1. The van der Waals surface area contributed by atoms with Crippen molar-refractivity contribution >= 4 is 12.1 Å². The lowest BCUT2D eigenvalue weighted by Gasteiger charge is -2.38. The van der Waals surface area contributed by atoms with Crippen molar-refractivity contribution in [3.8, 4) is 11.1 Å². The fraction of sp³-hybridized carbons (Fsp3) is 0.417. The Bertz CT molecular complexity index is 961. The van der Waals surface area contributed by atoms with Crippen molar-refractivity contribution < 1.29 is 19.4 Å². The molecule has 2 aromatic carbocycles. The number of hydrogen-bond donors (Lipinski definition) is 1. The van der Waals surface area contributed by atoms with Gasteiger partial charge in [0.2, 0.25) is 0 Å². The Labute approximate surface area is 176 Å². The fourth-order valence-corrected chi connectivity index (χ4v) is 5.52. The molecule has 0 spiro atoms. The highest BCUT2D eigenvalue weighted by atomic mass is 16.6. The minimum absolute atomic E-state index is 0.00537. The van der Waals surface area contributed by atoms with E-state index in [1.807, 2.05) is 31.3 Å². The molecule has 2 atom stereocenters. The number of likely N-dealkylation sites (tertiary alicyclic amines) is 2. The molecule has 1 N–H and O–H groups in total. The summed E-state index contributed by atoms with van der Waals surface area (Å²) in [6.07, 6.45) is 0.158. The van der Waals surface area contributed by atoms with Crippen LogP contribution in [0.1, 0.15) is 23.5 Å². The first-order valence-corrected chi connectivity index (χ1v) is 10.5. The second-order valence-corrected chi connectivity index (χ2v) is 8.85. The summed E-state index contributed by atoms with van der Waals surface area (Å²) in [5, 5.41) is 9.91. The molecule has 2 saturated heterocycles. The molecule has 30 heavy (non-hydrogen) atoms. The summed E-state index contributed by atoms with van der Waals surface area (Å²) in [4.78, 5) is 28.7. The van der Waals surface area contributed by atoms with E-state index in [1.165, 1.54) is 22.3 Å². The van der Waals surface area contributed by atoms with Crippen LogP contribution >= 0.6 is 0 Å². The number of carbonyl (C=O) groups excluding carboxylic acids is 1. The Kier molecular flexibility index (Phi) is 4.54. The first-order valence-electron chi connectivity index (χ1n) is 10.5. The number of carboxylic acids is 1. The van der Waals surface area contributed by atoms with Crippen molar-refractivity contribution in [2.45, 2.75) is 12.3 Å². The van der Waals surface area contributed by atoms with E-state index in [1.54, 1.807) is 4.90 Å². The maximum atomic E-state index is 12.9. The molecule has 2 unspecified atom stereocenters. The van der Waals surface area contributed by atoms with Crippen LogP contribution in [-0.4, -0.2) is 66.8 Å². The summed E-state index contributed by atoms with van der Waals surface area (Å²) in [7, 11) is 2.00. The van der Waals surface area contributed by atoms with Crippen molar-refractivity contribution in [3.05, 3.63) is 59.7 Å². The Hall–Kier alpha value is -2.86. The van der Waals surface area contributed by atoms with Crippen LogP contribution in [0.3, 0.4) is 0 Å². The maximum absolute atomic E-state index is 12.9. The minimum Gasteiger partial charge on any atom is -0.481 e. The van der Waals surface area contributed by atoms with Crippen LogP contribution in [0.4, 0.5) is 4.79 Å². The van der Waals surface area contributed by atoms with E-state index in [2.05, 4.69) is 29.2 Å². The third kappa shape index (κ3) is 2.89. The number of ether oxygens (including phenoxy) is 1. The van der Waals surface area contributed by atoms with E-state index in [0.717, 1.165) is 6.54 Å². The van der Waals surface area contributed by atoms with Gasteiger partial charge in [-0.3, -0.25) is 4.79 Å². The van der Waals surface area contributed by atoms with Gasteiger partial charge in [-0.05, 0) is 42.3 Å². The average Bonchev–Trinajstić information content (AvgIpc) is 3.29. The highest BCUT2D eigenvalue weighted by molar-refractivity contribution is 5.80. The summed E-state index contributed by atoms with van der Waals surface area (Å²) in [5.74, 6) is -0.852. The molecule has 2 heterocycles. The molecular formula is C24H26N2O4. The van der Waals surface area contributed by atoms with E-state index in [4.69, 9.17) is 4.74 Å². The molecular weight excluding hydrogens is 380 g/mol. The summed E-state index contributed by atoms with van der Waals surface area (Å²) >= 11 is 0. The number of aliphatic carboxylic acids is 1. The molecule has 0 radical (unpaired) electrons. The van der Waals surface area contributed by atoms with Crippen LogP contribution in [0.15, 0.2) is 48.5 Å². The predicted molar refractivity (Wildman–Crippen MR) is 112 cm³/mol. The van der Waals surface area contributed by atoms with Crippen molar-refractivity contribution in [1.82, 2.24) is 9.80 Å². The van der Waals surface area contributed by atoms with Gasteiger partial charge >= 0.3 is 12.1 Å². The Balaban J connectivity index is 1.32. The van der Waals surface area contributed by atoms with Crippen LogP contribution in [0.25, 0.3) is 11.1 Å². The van der Waals surface area contributed by atoms with Gasteiger partial charge in [0.25, 0.3) is 0 Å². The topological polar surface area (TPSA) is 70.1 Å². The van der Waals surface area contributed by atoms with Crippen LogP contribution in [0.5, 0.6) is 0 Å². The molecule has 0 aromatic heterocycles.